The monoisotopic (exact) mass is 239 g/mol. The molecule has 2 aliphatic rings. The van der Waals surface area contributed by atoms with Crippen LogP contribution in [0.2, 0.25) is 0 Å². The highest BCUT2D eigenvalue weighted by Gasteiger charge is 2.30. The summed E-state index contributed by atoms with van der Waals surface area (Å²) in [6.45, 7) is 2.01. The van der Waals surface area contributed by atoms with Crippen LogP contribution >= 0.6 is 0 Å². The number of aliphatic imine (C=N–C) groups is 1. The molecule has 0 N–H and O–H groups in total. The van der Waals surface area contributed by atoms with Gasteiger partial charge in [-0.15, -0.1) is 0 Å². The normalized spacial score (nSPS) is 26.2. The fraction of sp³-hybridized carbons (Fsp3) is 0.846. The third-order valence-corrected chi connectivity index (χ3v) is 3.71. The van der Waals surface area contributed by atoms with Gasteiger partial charge in [-0.25, -0.2) is 0 Å². The van der Waals surface area contributed by atoms with Crippen LogP contribution in [-0.2, 0) is 9.47 Å². The molecule has 0 fully saturated rings. The summed E-state index contributed by atoms with van der Waals surface area (Å²) in [5, 5.41) is 0. The van der Waals surface area contributed by atoms with E-state index in [0.29, 0.717) is 6.04 Å². The lowest BCUT2D eigenvalue weighted by molar-refractivity contribution is -0.579. The summed E-state index contributed by atoms with van der Waals surface area (Å²) in [6.07, 6.45) is 6.81. The Kier molecular flexibility index (Phi) is 4.40. The molecular weight excluding hydrogens is 216 g/mol. The maximum Gasteiger partial charge on any atom is 0.336 e. The van der Waals surface area contributed by atoms with Gasteiger partial charge in [-0.3, -0.25) is 4.99 Å². The molecule has 96 valence electrons. The van der Waals surface area contributed by atoms with Gasteiger partial charge in [-0.05, 0) is 6.42 Å². The van der Waals surface area contributed by atoms with Crippen molar-refractivity contribution in [1.82, 2.24) is 0 Å². The van der Waals surface area contributed by atoms with Crippen molar-refractivity contribution in [2.75, 3.05) is 27.3 Å². The van der Waals surface area contributed by atoms with Gasteiger partial charge in [0.25, 0.3) is 0 Å². The third kappa shape index (κ3) is 2.99. The third-order valence-electron chi connectivity index (χ3n) is 3.71. The van der Waals surface area contributed by atoms with E-state index in [0.717, 1.165) is 44.7 Å². The van der Waals surface area contributed by atoms with Crippen LogP contribution in [0.15, 0.2) is 4.99 Å². The van der Waals surface area contributed by atoms with E-state index in [4.69, 9.17) is 9.47 Å². The molecule has 0 saturated carbocycles. The number of hydrogen-bond donors (Lipinski definition) is 0. The first-order valence-electron chi connectivity index (χ1n) is 6.59. The van der Waals surface area contributed by atoms with Crippen molar-refractivity contribution in [3.63, 3.8) is 0 Å². The Balaban J connectivity index is 2.05. The van der Waals surface area contributed by atoms with Crippen LogP contribution in [0.3, 0.4) is 0 Å². The van der Waals surface area contributed by atoms with Crippen LogP contribution in [0.1, 0.15) is 38.5 Å². The standard InChI is InChI=1S/C13H23N2O2/c1-16-12-7-6-11(8-9-14-12)15-10-4-3-5-13(15)17-2/h11H,3-10H2,1-2H3/q+1. The zero-order chi connectivity index (χ0) is 12.1. The van der Waals surface area contributed by atoms with Crippen molar-refractivity contribution in [3.05, 3.63) is 0 Å². The second kappa shape index (κ2) is 6.03. The lowest BCUT2D eigenvalue weighted by Crippen LogP contribution is -2.36. The highest BCUT2D eigenvalue weighted by Crippen LogP contribution is 2.17. The molecule has 0 spiro atoms. The van der Waals surface area contributed by atoms with Crippen molar-refractivity contribution >= 4 is 11.8 Å². The Hall–Kier alpha value is -1.06. The number of rotatable bonds is 1. The molecule has 1 unspecified atom stereocenters. The average Bonchev–Trinajstić information content (AvgIpc) is 2.63. The van der Waals surface area contributed by atoms with E-state index in [1.54, 1.807) is 14.2 Å². The van der Waals surface area contributed by atoms with Crippen LogP contribution in [0.5, 0.6) is 0 Å². The summed E-state index contributed by atoms with van der Waals surface area (Å²) >= 11 is 0. The molecule has 4 heteroatoms. The number of nitrogens with zero attached hydrogens (tertiary/aromatic N) is 2. The molecule has 0 aromatic carbocycles. The fourth-order valence-corrected chi connectivity index (χ4v) is 2.76. The summed E-state index contributed by atoms with van der Waals surface area (Å²) in [6, 6.07) is 0.571. The smallest absolute Gasteiger partial charge is 0.336 e. The number of methoxy groups -OCH3 is 2. The Bertz CT molecular complexity index is 323. The van der Waals surface area contributed by atoms with Gasteiger partial charge in [-0.2, -0.15) is 4.58 Å². The average molecular weight is 239 g/mol. The first kappa shape index (κ1) is 12.4. The SMILES string of the molecule is COC1=NCCC([N+]2=C(OC)CCCC2)CC1. The highest BCUT2D eigenvalue weighted by atomic mass is 16.5. The molecule has 0 aromatic heterocycles. The predicted molar refractivity (Wildman–Crippen MR) is 67.9 cm³/mol. The van der Waals surface area contributed by atoms with Gasteiger partial charge in [0.2, 0.25) is 0 Å². The van der Waals surface area contributed by atoms with Gasteiger partial charge in [0.05, 0.1) is 20.6 Å². The van der Waals surface area contributed by atoms with E-state index >= 15 is 0 Å². The first-order chi connectivity index (χ1) is 8.35. The molecule has 0 saturated heterocycles. The van der Waals surface area contributed by atoms with E-state index in [9.17, 15) is 0 Å². The summed E-state index contributed by atoms with van der Waals surface area (Å²) in [4.78, 5) is 4.46. The van der Waals surface area contributed by atoms with E-state index < -0.39 is 0 Å². The molecular formula is C13H23N2O2+. The van der Waals surface area contributed by atoms with Gasteiger partial charge in [-0.1, -0.05) is 0 Å². The van der Waals surface area contributed by atoms with E-state index in [1.807, 2.05) is 0 Å². The van der Waals surface area contributed by atoms with Crippen molar-refractivity contribution in [1.29, 1.82) is 0 Å². The molecule has 4 nitrogen and oxygen atoms in total. The molecule has 0 bridgehead atoms. The van der Waals surface area contributed by atoms with Gasteiger partial charge in [0.15, 0.2) is 11.9 Å². The lowest BCUT2D eigenvalue weighted by Gasteiger charge is -2.19. The van der Waals surface area contributed by atoms with Crippen molar-refractivity contribution in [2.24, 2.45) is 4.99 Å². The van der Waals surface area contributed by atoms with Crippen LogP contribution < -0.4 is 0 Å². The zero-order valence-electron chi connectivity index (χ0n) is 10.9. The number of ether oxygens (including phenoxy) is 2. The molecule has 17 heavy (non-hydrogen) atoms. The molecule has 0 amide bonds. The number of hydrogen-bond acceptors (Lipinski definition) is 3. The van der Waals surface area contributed by atoms with Crippen LogP contribution in [0.4, 0.5) is 0 Å². The summed E-state index contributed by atoms with van der Waals surface area (Å²) in [7, 11) is 3.51. The predicted octanol–water partition coefficient (Wildman–Crippen LogP) is 1.83. The van der Waals surface area contributed by atoms with Crippen molar-refractivity contribution < 1.29 is 14.0 Å². The minimum Gasteiger partial charge on any atom is -0.484 e. The summed E-state index contributed by atoms with van der Waals surface area (Å²) in [5.41, 5.74) is 0. The zero-order valence-corrected chi connectivity index (χ0v) is 10.9. The molecule has 2 heterocycles. The largest absolute Gasteiger partial charge is 0.484 e. The second-order valence-electron chi connectivity index (χ2n) is 4.71. The quantitative estimate of drug-likeness (QED) is 0.654. The van der Waals surface area contributed by atoms with Gasteiger partial charge < -0.3 is 9.47 Å². The Morgan fingerprint density at radius 1 is 1.12 bits per heavy atom. The maximum atomic E-state index is 5.52. The molecule has 0 aromatic rings. The Morgan fingerprint density at radius 2 is 2.00 bits per heavy atom. The lowest BCUT2D eigenvalue weighted by atomic mass is 10.1. The van der Waals surface area contributed by atoms with Gasteiger partial charge in [0, 0.05) is 32.2 Å². The Morgan fingerprint density at radius 3 is 2.76 bits per heavy atom. The maximum absolute atomic E-state index is 5.52. The molecule has 0 radical (unpaired) electrons. The molecule has 1 atom stereocenters. The fourth-order valence-electron chi connectivity index (χ4n) is 2.76. The first-order valence-corrected chi connectivity index (χ1v) is 6.59. The highest BCUT2D eigenvalue weighted by molar-refractivity contribution is 5.76. The van der Waals surface area contributed by atoms with E-state index in [2.05, 4.69) is 9.57 Å². The van der Waals surface area contributed by atoms with E-state index in [1.165, 1.54) is 18.7 Å². The van der Waals surface area contributed by atoms with Gasteiger partial charge >= 0.3 is 5.90 Å². The Labute approximate surface area is 103 Å². The molecule has 0 aliphatic carbocycles. The van der Waals surface area contributed by atoms with Crippen molar-refractivity contribution in [2.45, 2.75) is 44.6 Å². The van der Waals surface area contributed by atoms with Crippen LogP contribution in [-0.4, -0.2) is 49.7 Å². The van der Waals surface area contributed by atoms with E-state index in [-0.39, 0.29) is 0 Å². The second-order valence-corrected chi connectivity index (χ2v) is 4.71. The van der Waals surface area contributed by atoms with Gasteiger partial charge in [0.1, 0.15) is 6.54 Å². The minimum atomic E-state index is 0.571. The van der Waals surface area contributed by atoms with Crippen molar-refractivity contribution in [3.8, 4) is 0 Å². The molecule has 2 rings (SSSR count). The topological polar surface area (TPSA) is 33.8 Å². The minimum absolute atomic E-state index is 0.571. The van der Waals surface area contributed by atoms with Crippen LogP contribution in [0, 0.1) is 0 Å². The van der Waals surface area contributed by atoms with Crippen LogP contribution in [0.25, 0.3) is 0 Å². The molecule has 2 aliphatic heterocycles. The summed E-state index contributed by atoms with van der Waals surface area (Å²) < 4.78 is 13.2. The summed E-state index contributed by atoms with van der Waals surface area (Å²) in [5.74, 6) is 2.07.